The van der Waals surface area contributed by atoms with Crippen LogP contribution in [-0.2, 0) is 6.54 Å². The zero-order valence-electron chi connectivity index (χ0n) is 13.7. The molecule has 1 heterocycles. The van der Waals surface area contributed by atoms with Crippen LogP contribution in [0.2, 0.25) is 0 Å². The van der Waals surface area contributed by atoms with Crippen LogP contribution in [0.4, 0.5) is 5.82 Å². The summed E-state index contributed by atoms with van der Waals surface area (Å²) in [6, 6.07) is 5.91. The number of nitrogens with zero attached hydrogens (tertiary/aromatic N) is 2. The Morgan fingerprint density at radius 3 is 2.67 bits per heavy atom. The molecular formula is C18H29N3. The van der Waals surface area contributed by atoms with Crippen molar-refractivity contribution in [1.82, 2.24) is 10.3 Å². The van der Waals surface area contributed by atoms with Crippen LogP contribution in [0.15, 0.2) is 12.1 Å². The summed E-state index contributed by atoms with van der Waals surface area (Å²) in [5, 5.41) is 3.61. The van der Waals surface area contributed by atoms with Gasteiger partial charge in [-0.2, -0.15) is 0 Å². The van der Waals surface area contributed by atoms with Crippen LogP contribution in [0.1, 0.15) is 56.7 Å². The number of rotatable bonds is 5. The van der Waals surface area contributed by atoms with E-state index < -0.39 is 0 Å². The van der Waals surface area contributed by atoms with Gasteiger partial charge in [-0.3, -0.25) is 0 Å². The minimum absolute atomic E-state index is 0.650. The van der Waals surface area contributed by atoms with E-state index in [0.29, 0.717) is 6.04 Å². The molecule has 2 unspecified atom stereocenters. The van der Waals surface area contributed by atoms with Crippen molar-refractivity contribution in [3.63, 3.8) is 0 Å². The Morgan fingerprint density at radius 2 is 1.95 bits per heavy atom. The zero-order chi connectivity index (χ0) is 14.8. The van der Waals surface area contributed by atoms with Crippen LogP contribution in [0, 0.1) is 12.8 Å². The number of aryl methyl sites for hydroxylation is 1. The maximum atomic E-state index is 4.78. The van der Waals surface area contributed by atoms with Crippen LogP contribution in [0.25, 0.3) is 0 Å². The van der Waals surface area contributed by atoms with E-state index in [1.807, 2.05) is 0 Å². The van der Waals surface area contributed by atoms with E-state index in [-0.39, 0.29) is 0 Å². The average molecular weight is 287 g/mol. The Morgan fingerprint density at radius 1 is 1.19 bits per heavy atom. The molecule has 2 atom stereocenters. The van der Waals surface area contributed by atoms with Crippen LogP contribution in [0.5, 0.6) is 0 Å². The molecule has 0 aromatic carbocycles. The van der Waals surface area contributed by atoms with Gasteiger partial charge in [-0.25, -0.2) is 4.98 Å². The van der Waals surface area contributed by atoms with Gasteiger partial charge in [-0.15, -0.1) is 0 Å². The van der Waals surface area contributed by atoms with Gasteiger partial charge >= 0.3 is 0 Å². The van der Waals surface area contributed by atoms with Crippen molar-refractivity contribution in [2.75, 3.05) is 11.9 Å². The topological polar surface area (TPSA) is 28.2 Å². The molecule has 0 saturated heterocycles. The molecule has 116 valence electrons. The molecule has 1 N–H and O–H groups in total. The third-order valence-corrected chi connectivity index (χ3v) is 5.10. The molecule has 1 aromatic rings. The summed E-state index contributed by atoms with van der Waals surface area (Å²) >= 11 is 0. The summed E-state index contributed by atoms with van der Waals surface area (Å²) in [7, 11) is 2.23. The second-order valence-electron chi connectivity index (χ2n) is 7.07. The molecule has 3 rings (SSSR count). The van der Waals surface area contributed by atoms with E-state index in [1.54, 1.807) is 0 Å². The van der Waals surface area contributed by atoms with E-state index in [9.17, 15) is 0 Å². The highest BCUT2D eigenvalue weighted by molar-refractivity contribution is 5.43. The number of nitrogens with one attached hydrogen (secondary N) is 1. The fourth-order valence-electron chi connectivity index (χ4n) is 3.60. The third kappa shape index (κ3) is 3.76. The molecule has 2 aliphatic rings. The zero-order valence-corrected chi connectivity index (χ0v) is 13.7. The molecule has 0 bridgehead atoms. The van der Waals surface area contributed by atoms with Gasteiger partial charge in [0.1, 0.15) is 5.82 Å². The van der Waals surface area contributed by atoms with E-state index in [4.69, 9.17) is 4.98 Å². The van der Waals surface area contributed by atoms with Gasteiger partial charge in [0.05, 0.1) is 0 Å². The fraction of sp³-hybridized carbons (Fsp3) is 0.722. The standard InChI is InChI=1S/C18H29N3/c1-13-6-4-5-7-17(13)21(3)18-11-15(10-14(2)20-18)12-19-16-8-9-16/h10-11,13,16-17,19H,4-9,12H2,1-3H3. The molecular weight excluding hydrogens is 258 g/mol. The molecule has 3 heteroatoms. The Bertz CT molecular complexity index is 481. The summed E-state index contributed by atoms with van der Waals surface area (Å²) in [6.45, 7) is 5.49. The van der Waals surface area contributed by atoms with Gasteiger partial charge in [0.25, 0.3) is 0 Å². The van der Waals surface area contributed by atoms with E-state index in [2.05, 4.69) is 43.2 Å². The first-order valence-corrected chi connectivity index (χ1v) is 8.57. The normalized spacial score (nSPS) is 25.9. The summed E-state index contributed by atoms with van der Waals surface area (Å²) in [4.78, 5) is 7.21. The van der Waals surface area contributed by atoms with Gasteiger partial charge in [-0.05, 0) is 56.2 Å². The van der Waals surface area contributed by atoms with Crippen molar-refractivity contribution in [3.05, 3.63) is 23.4 Å². The van der Waals surface area contributed by atoms with Crippen molar-refractivity contribution in [2.45, 2.75) is 71.0 Å². The van der Waals surface area contributed by atoms with Crippen LogP contribution < -0.4 is 10.2 Å². The Kier molecular flexibility index (Phi) is 4.48. The van der Waals surface area contributed by atoms with Crippen molar-refractivity contribution >= 4 is 5.82 Å². The van der Waals surface area contributed by atoms with Crippen molar-refractivity contribution in [3.8, 4) is 0 Å². The van der Waals surface area contributed by atoms with Crippen LogP contribution in [0.3, 0.4) is 0 Å². The van der Waals surface area contributed by atoms with Gasteiger partial charge < -0.3 is 10.2 Å². The monoisotopic (exact) mass is 287 g/mol. The first kappa shape index (κ1) is 14.8. The Balaban J connectivity index is 1.72. The predicted octanol–water partition coefficient (Wildman–Crippen LogP) is 3.66. The summed E-state index contributed by atoms with van der Waals surface area (Å²) in [6.07, 6.45) is 8.11. The maximum absolute atomic E-state index is 4.78. The largest absolute Gasteiger partial charge is 0.356 e. The molecule has 3 nitrogen and oxygen atoms in total. The number of anilines is 1. The lowest BCUT2D eigenvalue weighted by Gasteiger charge is -2.37. The van der Waals surface area contributed by atoms with E-state index >= 15 is 0 Å². The maximum Gasteiger partial charge on any atom is 0.129 e. The first-order valence-electron chi connectivity index (χ1n) is 8.57. The second-order valence-corrected chi connectivity index (χ2v) is 7.07. The molecule has 0 amide bonds. The number of hydrogen-bond acceptors (Lipinski definition) is 3. The Labute approximate surface area is 129 Å². The quantitative estimate of drug-likeness (QED) is 0.896. The van der Waals surface area contributed by atoms with E-state index in [0.717, 1.165) is 30.0 Å². The lowest BCUT2D eigenvalue weighted by Crippen LogP contribution is -2.39. The lowest BCUT2D eigenvalue weighted by atomic mass is 9.85. The number of aromatic nitrogens is 1. The number of pyridine rings is 1. The molecule has 21 heavy (non-hydrogen) atoms. The Hall–Kier alpha value is -1.09. The molecule has 2 aliphatic carbocycles. The third-order valence-electron chi connectivity index (χ3n) is 5.10. The fourth-order valence-corrected chi connectivity index (χ4v) is 3.60. The van der Waals surface area contributed by atoms with Crippen LogP contribution in [-0.4, -0.2) is 24.1 Å². The smallest absolute Gasteiger partial charge is 0.129 e. The SMILES string of the molecule is Cc1cc(CNC2CC2)cc(N(C)C2CCCCC2C)n1. The summed E-state index contributed by atoms with van der Waals surface area (Å²) in [5.74, 6) is 1.93. The highest BCUT2D eigenvalue weighted by atomic mass is 15.2. The van der Waals surface area contributed by atoms with Gasteiger partial charge in [0.2, 0.25) is 0 Å². The van der Waals surface area contributed by atoms with Gasteiger partial charge in [0, 0.05) is 31.4 Å². The molecule has 2 saturated carbocycles. The lowest BCUT2D eigenvalue weighted by molar-refractivity contribution is 0.320. The van der Waals surface area contributed by atoms with Crippen LogP contribution >= 0.6 is 0 Å². The molecule has 1 aromatic heterocycles. The second kappa shape index (κ2) is 6.35. The molecule has 0 spiro atoms. The number of hydrogen-bond donors (Lipinski definition) is 1. The predicted molar refractivity (Wildman–Crippen MR) is 88.7 cm³/mol. The van der Waals surface area contributed by atoms with Crippen molar-refractivity contribution in [2.24, 2.45) is 5.92 Å². The van der Waals surface area contributed by atoms with E-state index in [1.165, 1.54) is 44.1 Å². The van der Waals surface area contributed by atoms with Gasteiger partial charge in [0.15, 0.2) is 0 Å². The molecule has 2 fully saturated rings. The summed E-state index contributed by atoms with van der Waals surface area (Å²) < 4.78 is 0. The minimum atomic E-state index is 0.650. The molecule has 0 radical (unpaired) electrons. The molecule has 0 aliphatic heterocycles. The van der Waals surface area contributed by atoms with Crippen molar-refractivity contribution < 1.29 is 0 Å². The summed E-state index contributed by atoms with van der Waals surface area (Å²) in [5.41, 5.74) is 2.51. The highest BCUT2D eigenvalue weighted by Gasteiger charge is 2.26. The first-order chi connectivity index (χ1) is 10.1. The van der Waals surface area contributed by atoms with Gasteiger partial charge in [-0.1, -0.05) is 19.8 Å². The minimum Gasteiger partial charge on any atom is -0.356 e. The average Bonchev–Trinajstić information content (AvgIpc) is 3.28. The highest BCUT2D eigenvalue weighted by Crippen LogP contribution is 2.30. The van der Waals surface area contributed by atoms with Crippen molar-refractivity contribution in [1.29, 1.82) is 0 Å².